The molecule has 1 aliphatic carbocycles. The zero-order valence-electron chi connectivity index (χ0n) is 12.3. The van der Waals surface area contributed by atoms with Crippen LogP contribution < -0.4 is 11.3 Å². The molecule has 108 valence electrons. The van der Waals surface area contributed by atoms with Gasteiger partial charge in [0.1, 0.15) is 0 Å². The fourth-order valence-corrected chi connectivity index (χ4v) is 3.31. The van der Waals surface area contributed by atoms with E-state index in [9.17, 15) is 0 Å². The Balaban J connectivity index is 2.16. The molecule has 5 nitrogen and oxygen atoms in total. The SMILES string of the molecule is COC1(C(Cc2cc(C)nn2C)NN)CCCCC1. The van der Waals surface area contributed by atoms with Crippen LogP contribution in [0.4, 0.5) is 0 Å². The molecule has 1 fully saturated rings. The third-order valence-electron chi connectivity index (χ3n) is 4.45. The number of hydrazine groups is 1. The van der Waals surface area contributed by atoms with E-state index in [1.54, 1.807) is 0 Å². The lowest BCUT2D eigenvalue weighted by Gasteiger charge is -2.42. The van der Waals surface area contributed by atoms with Crippen molar-refractivity contribution in [3.63, 3.8) is 0 Å². The summed E-state index contributed by atoms with van der Waals surface area (Å²) >= 11 is 0. The Kier molecular flexibility index (Phi) is 4.60. The van der Waals surface area contributed by atoms with Crippen LogP contribution in [0.5, 0.6) is 0 Å². The van der Waals surface area contributed by atoms with Gasteiger partial charge in [0.15, 0.2) is 0 Å². The summed E-state index contributed by atoms with van der Waals surface area (Å²) in [5.74, 6) is 5.81. The highest BCUT2D eigenvalue weighted by Crippen LogP contribution is 2.35. The minimum Gasteiger partial charge on any atom is -0.377 e. The first-order chi connectivity index (χ1) is 9.11. The van der Waals surface area contributed by atoms with E-state index in [0.717, 1.165) is 25.0 Å². The van der Waals surface area contributed by atoms with Gasteiger partial charge in [-0.05, 0) is 25.8 Å². The molecule has 1 aliphatic rings. The first-order valence-corrected chi connectivity index (χ1v) is 7.12. The van der Waals surface area contributed by atoms with E-state index in [-0.39, 0.29) is 11.6 Å². The smallest absolute Gasteiger partial charge is 0.0848 e. The van der Waals surface area contributed by atoms with Crippen LogP contribution in [-0.2, 0) is 18.2 Å². The number of hydrogen-bond donors (Lipinski definition) is 2. The summed E-state index contributed by atoms with van der Waals surface area (Å²) in [5, 5.41) is 4.40. The highest BCUT2D eigenvalue weighted by molar-refractivity contribution is 5.12. The number of nitrogens with zero attached hydrogens (tertiary/aromatic N) is 2. The van der Waals surface area contributed by atoms with Gasteiger partial charge >= 0.3 is 0 Å². The van der Waals surface area contributed by atoms with Gasteiger partial charge in [-0.3, -0.25) is 16.0 Å². The molecule has 1 heterocycles. The molecule has 5 heteroatoms. The monoisotopic (exact) mass is 266 g/mol. The Morgan fingerprint density at radius 3 is 2.63 bits per heavy atom. The normalized spacial score (nSPS) is 20.4. The van der Waals surface area contributed by atoms with Crippen LogP contribution in [0.1, 0.15) is 43.5 Å². The summed E-state index contributed by atoms with van der Waals surface area (Å²) in [7, 11) is 3.79. The largest absolute Gasteiger partial charge is 0.377 e. The van der Waals surface area contributed by atoms with Gasteiger partial charge in [0.25, 0.3) is 0 Å². The van der Waals surface area contributed by atoms with Crippen LogP contribution >= 0.6 is 0 Å². The average molecular weight is 266 g/mol. The van der Waals surface area contributed by atoms with Gasteiger partial charge < -0.3 is 4.74 Å². The molecule has 3 N–H and O–H groups in total. The molecule has 19 heavy (non-hydrogen) atoms. The summed E-state index contributed by atoms with van der Waals surface area (Å²) in [5.41, 5.74) is 5.09. The summed E-state index contributed by atoms with van der Waals surface area (Å²) in [6, 6.07) is 2.25. The third-order valence-corrected chi connectivity index (χ3v) is 4.45. The molecular weight excluding hydrogens is 240 g/mol. The van der Waals surface area contributed by atoms with Crippen molar-refractivity contribution in [2.45, 2.75) is 57.1 Å². The van der Waals surface area contributed by atoms with E-state index in [0.29, 0.717) is 0 Å². The molecular formula is C14H26N4O. The van der Waals surface area contributed by atoms with Crippen molar-refractivity contribution in [3.8, 4) is 0 Å². The molecule has 1 unspecified atom stereocenters. The maximum absolute atomic E-state index is 5.88. The first-order valence-electron chi connectivity index (χ1n) is 7.12. The highest BCUT2D eigenvalue weighted by atomic mass is 16.5. The molecule has 1 saturated carbocycles. The number of methoxy groups -OCH3 is 1. The van der Waals surface area contributed by atoms with Crippen molar-refractivity contribution in [3.05, 3.63) is 17.5 Å². The summed E-state index contributed by atoms with van der Waals surface area (Å²) in [6.07, 6.45) is 6.74. The van der Waals surface area contributed by atoms with Crippen LogP contribution in [-0.4, -0.2) is 28.5 Å². The van der Waals surface area contributed by atoms with Gasteiger partial charge in [-0.2, -0.15) is 5.10 Å². The minimum absolute atomic E-state index is 0.132. The molecule has 0 radical (unpaired) electrons. The fraction of sp³-hybridized carbons (Fsp3) is 0.786. The van der Waals surface area contributed by atoms with E-state index in [1.165, 1.54) is 25.0 Å². The molecule has 0 aliphatic heterocycles. The Morgan fingerprint density at radius 2 is 2.16 bits per heavy atom. The highest BCUT2D eigenvalue weighted by Gasteiger charge is 2.39. The van der Waals surface area contributed by atoms with Crippen LogP contribution in [0.25, 0.3) is 0 Å². The second-order valence-electron chi connectivity index (χ2n) is 5.65. The Hall–Kier alpha value is -0.910. The van der Waals surface area contributed by atoms with E-state index < -0.39 is 0 Å². The van der Waals surface area contributed by atoms with E-state index >= 15 is 0 Å². The maximum Gasteiger partial charge on any atom is 0.0848 e. The number of nitrogens with two attached hydrogens (primary N) is 1. The van der Waals surface area contributed by atoms with Gasteiger partial charge in [0.05, 0.1) is 17.3 Å². The number of ether oxygens (including phenoxy) is 1. The zero-order valence-corrected chi connectivity index (χ0v) is 12.3. The summed E-state index contributed by atoms with van der Waals surface area (Å²) in [4.78, 5) is 0. The van der Waals surface area contributed by atoms with Gasteiger partial charge in [-0.25, -0.2) is 0 Å². The third kappa shape index (κ3) is 2.99. The molecule has 2 rings (SSSR count). The van der Waals surface area contributed by atoms with Gasteiger partial charge in [-0.1, -0.05) is 19.3 Å². The fourth-order valence-electron chi connectivity index (χ4n) is 3.31. The predicted octanol–water partition coefficient (Wildman–Crippen LogP) is 1.45. The van der Waals surface area contributed by atoms with E-state index in [1.807, 2.05) is 25.8 Å². The summed E-state index contributed by atoms with van der Waals surface area (Å²) < 4.78 is 7.81. The van der Waals surface area contributed by atoms with Crippen molar-refractivity contribution in [1.29, 1.82) is 0 Å². The lowest BCUT2D eigenvalue weighted by molar-refractivity contribution is -0.0677. The lowest BCUT2D eigenvalue weighted by Crippen LogP contribution is -2.56. The molecule has 1 atom stereocenters. The van der Waals surface area contributed by atoms with Crippen molar-refractivity contribution in [2.75, 3.05) is 7.11 Å². The molecule has 0 spiro atoms. The lowest BCUT2D eigenvalue weighted by atomic mass is 9.78. The van der Waals surface area contributed by atoms with Gasteiger partial charge in [-0.15, -0.1) is 0 Å². The number of aryl methyl sites for hydroxylation is 2. The minimum atomic E-state index is -0.134. The van der Waals surface area contributed by atoms with Crippen molar-refractivity contribution in [2.24, 2.45) is 12.9 Å². The Bertz CT molecular complexity index is 410. The average Bonchev–Trinajstić information content (AvgIpc) is 2.75. The number of nitrogens with one attached hydrogen (secondary N) is 1. The number of aromatic nitrogens is 2. The molecule has 0 bridgehead atoms. The molecule has 1 aromatic rings. The quantitative estimate of drug-likeness (QED) is 0.625. The van der Waals surface area contributed by atoms with Crippen LogP contribution in [0.2, 0.25) is 0 Å². The van der Waals surface area contributed by atoms with Crippen LogP contribution in [0.15, 0.2) is 6.07 Å². The Morgan fingerprint density at radius 1 is 1.47 bits per heavy atom. The molecule has 0 saturated heterocycles. The van der Waals surface area contributed by atoms with Crippen molar-refractivity contribution >= 4 is 0 Å². The standard InChI is InChI=1S/C14H26N4O/c1-11-9-12(18(2)17-11)10-13(16-15)14(19-3)7-5-4-6-8-14/h9,13,16H,4-8,10,15H2,1-3H3. The van der Waals surface area contributed by atoms with Gasteiger partial charge in [0.2, 0.25) is 0 Å². The summed E-state index contributed by atoms with van der Waals surface area (Å²) in [6.45, 7) is 2.01. The zero-order chi connectivity index (χ0) is 13.9. The van der Waals surface area contributed by atoms with E-state index in [2.05, 4.69) is 16.6 Å². The van der Waals surface area contributed by atoms with Crippen molar-refractivity contribution in [1.82, 2.24) is 15.2 Å². The Labute approximate surface area is 115 Å². The van der Waals surface area contributed by atoms with Crippen molar-refractivity contribution < 1.29 is 4.74 Å². The van der Waals surface area contributed by atoms with Crippen LogP contribution in [0, 0.1) is 6.92 Å². The number of hydrogen-bond acceptors (Lipinski definition) is 4. The van der Waals surface area contributed by atoms with Gasteiger partial charge in [0, 0.05) is 26.3 Å². The van der Waals surface area contributed by atoms with Crippen LogP contribution in [0.3, 0.4) is 0 Å². The van der Waals surface area contributed by atoms with E-state index in [4.69, 9.17) is 10.6 Å². The molecule has 0 amide bonds. The maximum atomic E-state index is 5.88. The molecule has 1 aromatic heterocycles. The molecule has 0 aromatic carbocycles. The first kappa shape index (κ1) is 14.5. The topological polar surface area (TPSA) is 65.1 Å². The number of rotatable bonds is 5. The second kappa shape index (κ2) is 6.03. The second-order valence-corrected chi connectivity index (χ2v) is 5.65. The predicted molar refractivity (Wildman–Crippen MR) is 75.6 cm³/mol.